The molecule has 0 aliphatic carbocycles. The maximum Gasteiger partial charge on any atom is 0.293 e. The molecule has 1 saturated heterocycles. The Morgan fingerprint density at radius 2 is 1.52 bits per heavy atom. The third kappa shape index (κ3) is 5.50. The van der Waals surface area contributed by atoms with E-state index >= 15 is 0 Å². The van der Waals surface area contributed by atoms with E-state index in [9.17, 15) is 9.59 Å². The molecule has 2 amide bonds. The zero-order chi connectivity index (χ0) is 21.8. The SMILES string of the molecule is O=C1S/C(=C/c2cccc(OCc3ccc(Cl)cc3)c2)C(=O)N1Cc1ccc(Cl)cc1. The molecule has 3 aromatic rings. The van der Waals surface area contributed by atoms with Gasteiger partial charge in [-0.15, -0.1) is 0 Å². The number of halogens is 2. The van der Waals surface area contributed by atoms with Gasteiger partial charge < -0.3 is 4.74 Å². The van der Waals surface area contributed by atoms with Crippen molar-refractivity contribution >= 4 is 52.2 Å². The molecule has 1 aliphatic heterocycles. The lowest BCUT2D eigenvalue weighted by Gasteiger charge is -2.12. The van der Waals surface area contributed by atoms with Gasteiger partial charge in [0.15, 0.2) is 0 Å². The number of benzene rings is 3. The molecule has 156 valence electrons. The van der Waals surface area contributed by atoms with Crippen LogP contribution in [-0.2, 0) is 17.9 Å². The molecule has 1 heterocycles. The molecule has 4 rings (SSSR count). The van der Waals surface area contributed by atoms with Gasteiger partial charge in [0, 0.05) is 10.0 Å². The quantitative estimate of drug-likeness (QED) is 0.372. The zero-order valence-corrected chi connectivity index (χ0v) is 18.6. The van der Waals surface area contributed by atoms with Crippen LogP contribution < -0.4 is 4.74 Å². The Kier molecular flexibility index (Phi) is 6.66. The Morgan fingerprint density at radius 3 is 2.19 bits per heavy atom. The minimum Gasteiger partial charge on any atom is -0.489 e. The summed E-state index contributed by atoms with van der Waals surface area (Å²) in [6.07, 6.45) is 1.71. The fourth-order valence-corrected chi connectivity index (χ4v) is 4.09. The number of ether oxygens (including phenoxy) is 1. The molecule has 31 heavy (non-hydrogen) atoms. The smallest absolute Gasteiger partial charge is 0.293 e. The van der Waals surface area contributed by atoms with Crippen LogP contribution in [-0.4, -0.2) is 16.0 Å². The summed E-state index contributed by atoms with van der Waals surface area (Å²) < 4.78 is 5.84. The normalized spacial score (nSPS) is 15.0. The average molecular weight is 470 g/mol. The van der Waals surface area contributed by atoms with Crippen LogP contribution in [0, 0.1) is 0 Å². The molecule has 0 aromatic heterocycles. The molecule has 4 nitrogen and oxygen atoms in total. The van der Waals surface area contributed by atoms with Crippen LogP contribution in [0.5, 0.6) is 5.75 Å². The maximum atomic E-state index is 12.8. The third-order valence-corrected chi connectivity index (χ3v) is 6.01. The number of thioether (sulfide) groups is 1. The Bertz CT molecular complexity index is 1140. The number of hydrogen-bond donors (Lipinski definition) is 0. The Hall–Kier alpha value is -2.73. The van der Waals surface area contributed by atoms with Gasteiger partial charge in [0.05, 0.1) is 11.4 Å². The van der Waals surface area contributed by atoms with Crippen molar-refractivity contribution in [2.75, 3.05) is 0 Å². The van der Waals surface area contributed by atoms with E-state index in [1.165, 1.54) is 4.90 Å². The molecule has 0 saturated carbocycles. The lowest BCUT2D eigenvalue weighted by Crippen LogP contribution is -2.27. The number of amides is 2. The first-order chi connectivity index (χ1) is 15.0. The highest BCUT2D eigenvalue weighted by molar-refractivity contribution is 8.18. The Balaban J connectivity index is 1.44. The van der Waals surface area contributed by atoms with Crippen molar-refractivity contribution in [3.63, 3.8) is 0 Å². The van der Waals surface area contributed by atoms with Gasteiger partial charge in [-0.25, -0.2) is 0 Å². The molecule has 0 unspecified atom stereocenters. The molecule has 0 bridgehead atoms. The van der Waals surface area contributed by atoms with Gasteiger partial charge in [-0.05, 0) is 70.9 Å². The number of carbonyl (C=O) groups is 2. The number of rotatable bonds is 6. The monoisotopic (exact) mass is 469 g/mol. The van der Waals surface area contributed by atoms with Crippen molar-refractivity contribution in [1.82, 2.24) is 4.90 Å². The topological polar surface area (TPSA) is 46.6 Å². The van der Waals surface area contributed by atoms with Crippen LogP contribution in [0.3, 0.4) is 0 Å². The van der Waals surface area contributed by atoms with Crippen LogP contribution in [0.25, 0.3) is 6.08 Å². The van der Waals surface area contributed by atoms with Crippen molar-refractivity contribution in [2.24, 2.45) is 0 Å². The molecule has 7 heteroatoms. The second-order valence-corrected chi connectivity index (χ2v) is 8.75. The van der Waals surface area contributed by atoms with Gasteiger partial charge in [0.1, 0.15) is 12.4 Å². The van der Waals surface area contributed by atoms with Crippen LogP contribution in [0.15, 0.2) is 77.7 Å². The minimum absolute atomic E-state index is 0.212. The van der Waals surface area contributed by atoms with E-state index in [-0.39, 0.29) is 17.7 Å². The summed E-state index contributed by atoms with van der Waals surface area (Å²) >= 11 is 12.7. The lowest BCUT2D eigenvalue weighted by molar-refractivity contribution is -0.123. The van der Waals surface area contributed by atoms with Crippen molar-refractivity contribution < 1.29 is 14.3 Å². The fraction of sp³-hybridized carbons (Fsp3) is 0.0833. The van der Waals surface area contributed by atoms with Crippen LogP contribution >= 0.6 is 35.0 Å². The average Bonchev–Trinajstić information content (AvgIpc) is 3.02. The fourth-order valence-electron chi connectivity index (χ4n) is 3.00. The van der Waals surface area contributed by atoms with Gasteiger partial charge in [-0.2, -0.15) is 0 Å². The molecule has 0 atom stereocenters. The number of carbonyl (C=O) groups excluding carboxylic acids is 2. The van der Waals surface area contributed by atoms with Crippen molar-refractivity contribution in [1.29, 1.82) is 0 Å². The second-order valence-electron chi connectivity index (χ2n) is 6.88. The summed E-state index contributed by atoms with van der Waals surface area (Å²) in [4.78, 5) is 26.8. The highest BCUT2D eigenvalue weighted by Gasteiger charge is 2.34. The molecule has 3 aromatic carbocycles. The summed E-state index contributed by atoms with van der Waals surface area (Å²) in [5, 5.41) is 0.994. The molecule has 0 spiro atoms. The van der Waals surface area contributed by atoms with Crippen molar-refractivity contribution in [2.45, 2.75) is 13.2 Å². The third-order valence-electron chi connectivity index (χ3n) is 4.60. The van der Waals surface area contributed by atoms with E-state index in [1.807, 2.05) is 48.5 Å². The molecule has 1 aliphatic rings. The van der Waals surface area contributed by atoms with E-state index in [4.69, 9.17) is 27.9 Å². The number of imide groups is 1. The molecular formula is C24H17Cl2NO3S. The summed E-state index contributed by atoms with van der Waals surface area (Å²) in [6.45, 7) is 0.613. The van der Waals surface area contributed by atoms with Gasteiger partial charge in [0.25, 0.3) is 11.1 Å². The lowest BCUT2D eigenvalue weighted by atomic mass is 10.2. The predicted molar refractivity (Wildman–Crippen MR) is 125 cm³/mol. The van der Waals surface area contributed by atoms with E-state index in [1.54, 1.807) is 30.3 Å². The van der Waals surface area contributed by atoms with Crippen LogP contribution in [0.4, 0.5) is 4.79 Å². The summed E-state index contributed by atoms with van der Waals surface area (Å²) in [5.41, 5.74) is 2.62. The highest BCUT2D eigenvalue weighted by atomic mass is 35.5. The molecule has 0 radical (unpaired) electrons. The Labute approximate surface area is 194 Å². The molecule has 1 fully saturated rings. The number of hydrogen-bond acceptors (Lipinski definition) is 4. The van der Waals surface area contributed by atoms with E-state index in [2.05, 4.69) is 0 Å². The first-order valence-corrected chi connectivity index (χ1v) is 11.0. The highest BCUT2D eigenvalue weighted by Crippen LogP contribution is 2.33. The first kappa shape index (κ1) is 21.5. The molecular weight excluding hydrogens is 453 g/mol. The van der Waals surface area contributed by atoms with E-state index < -0.39 is 0 Å². The second kappa shape index (κ2) is 9.60. The standard InChI is InChI=1S/C24H17Cl2NO3S/c25-19-8-4-16(5-9-19)14-27-23(28)22(31-24(27)29)13-18-2-1-3-21(12-18)30-15-17-6-10-20(26)11-7-17/h1-13H,14-15H2/b22-13+. The van der Waals surface area contributed by atoms with Crippen molar-refractivity contribution in [3.05, 3.63) is 104 Å². The summed E-state index contributed by atoms with van der Waals surface area (Å²) in [6, 6.07) is 21.9. The van der Waals surface area contributed by atoms with Gasteiger partial charge in [-0.3, -0.25) is 14.5 Å². The minimum atomic E-state index is -0.308. The predicted octanol–water partition coefficient (Wildman–Crippen LogP) is 6.81. The van der Waals surface area contributed by atoms with Crippen molar-refractivity contribution in [3.8, 4) is 5.75 Å². The van der Waals surface area contributed by atoms with Crippen LogP contribution in [0.2, 0.25) is 10.0 Å². The van der Waals surface area contributed by atoms with Crippen LogP contribution in [0.1, 0.15) is 16.7 Å². The summed E-state index contributed by atoms with van der Waals surface area (Å²) in [7, 11) is 0. The van der Waals surface area contributed by atoms with Gasteiger partial charge in [-0.1, -0.05) is 59.6 Å². The summed E-state index contributed by atoms with van der Waals surface area (Å²) in [5.74, 6) is 0.363. The Morgan fingerprint density at radius 1 is 0.871 bits per heavy atom. The van der Waals surface area contributed by atoms with E-state index in [0.29, 0.717) is 27.3 Å². The number of nitrogens with zero attached hydrogens (tertiary/aromatic N) is 1. The largest absolute Gasteiger partial charge is 0.489 e. The first-order valence-electron chi connectivity index (χ1n) is 9.45. The van der Waals surface area contributed by atoms with Gasteiger partial charge >= 0.3 is 0 Å². The van der Waals surface area contributed by atoms with E-state index in [0.717, 1.165) is 28.5 Å². The van der Waals surface area contributed by atoms with Gasteiger partial charge in [0.2, 0.25) is 0 Å². The zero-order valence-electron chi connectivity index (χ0n) is 16.3. The maximum absolute atomic E-state index is 12.8. The molecule has 0 N–H and O–H groups in total.